The van der Waals surface area contributed by atoms with Crippen molar-refractivity contribution in [2.75, 3.05) is 20.2 Å². The minimum Gasteiger partial charge on any atom is -0.497 e. The Morgan fingerprint density at radius 3 is 2.88 bits per heavy atom. The fraction of sp³-hybridized carbons (Fsp3) is 0.412. The van der Waals surface area contributed by atoms with Crippen molar-refractivity contribution in [1.82, 2.24) is 14.7 Å². The molecule has 24 heavy (non-hydrogen) atoms. The molecule has 1 fully saturated rings. The lowest BCUT2D eigenvalue weighted by Crippen LogP contribution is -2.39. The van der Waals surface area contributed by atoms with Gasteiger partial charge in [-0.15, -0.1) is 12.4 Å². The molecule has 7 heteroatoms. The molecule has 0 radical (unpaired) electrons. The van der Waals surface area contributed by atoms with E-state index in [0.29, 0.717) is 17.2 Å². The van der Waals surface area contributed by atoms with E-state index in [0.717, 1.165) is 30.4 Å². The summed E-state index contributed by atoms with van der Waals surface area (Å²) in [5, 5.41) is 4.25. The maximum atomic E-state index is 12.9. The summed E-state index contributed by atoms with van der Waals surface area (Å²) in [4.78, 5) is 14.8. The van der Waals surface area contributed by atoms with Crippen LogP contribution in [0.25, 0.3) is 0 Å². The lowest BCUT2D eigenvalue weighted by atomic mass is 9.92. The van der Waals surface area contributed by atoms with Crippen LogP contribution < -0.4 is 4.74 Å². The number of methoxy groups -OCH3 is 1. The van der Waals surface area contributed by atoms with Crippen molar-refractivity contribution in [3.05, 3.63) is 46.2 Å². The Labute approximate surface area is 156 Å². The topological polar surface area (TPSA) is 47.4 Å². The smallest absolute Gasteiger partial charge is 0.255 e. The fourth-order valence-corrected chi connectivity index (χ4v) is 3.47. The normalized spacial score (nSPS) is 17.3. The van der Waals surface area contributed by atoms with Gasteiger partial charge in [0.25, 0.3) is 5.91 Å². The summed E-state index contributed by atoms with van der Waals surface area (Å²) in [6.07, 6.45) is 6.04. The predicted molar refractivity (Wildman–Crippen MR) is 99.0 cm³/mol. The summed E-state index contributed by atoms with van der Waals surface area (Å²) in [6, 6.07) is 5.49. The van der Waals surface area contributed by atoms with Crippen LogP contribution in [-0.2, 0) is 7.05 Å². The standard InChI is InChI=1S/C17H20BrN3O2.ClH/c1-20-10-13(9-19-20)12-4-3-7-21(11-12)17(22)15-8-14(23-2)5-6-16(15)18;/h5-6,8-10,12H,3-4,7,11H2,1-2H3;1H. The van der Waals surface area contributed by atoms with Crippen LogP contribution in [0.1, 0.15) is 34.7 Å². The van der Waals surface area contributed by atoms with Crippen molar-refractivity contribution >= 4 is 34.2 Å². The van der Waals surface area contributed by atoms with Gasteiger partial charge in [0.2, 0.25) is 0 Å². The number of aryl methyl sites for hydroxylation is 1. The lowest BCUT2D eigenvalue weighted by Gasteiger charge is -2.32. The Balaban J connectivity index is 0.00000208. The third-order valence-electron chi connectivity index (χ3n) is 4.31. The van der Waals surface area contributed by atoms with Gasteiger partial charge in [0.15, 0.2) is 0 Å². The summed E-state index contributed by atoms with van der Waals surface area (Å²) in [6.45, 7) is 1.52. The van der Waals surface area contributed by atoms with E-state index in [-0.39, 0.29) is 18.3 Å². The molecule has 0 spiro atoms. The van der Waals surface area contributed by atoms with Gasteiger partial charge >= 0.3 is 0 Å². The highest BCUT2D eigenvalue weighted by Gasteiger charge is 2.27. The quantitative estimate of drug-likeness (QED) is 0.770. The number of aromatic nitrogens is 2. The van der Waals surface area contributed by atoms with Crippen molar-refractivity contribution in [3.63, 3.8) is 0 Å². The number of hydrogen-bond donors (Lipinski definition) is 0. The van der Waals surface area contributed by atoms with Crippen LogP contribution in [0.15, 0.2) is 35.1 Å². The molecule has 130 valence electrons. The average Bonchev–Trinajstić information content (AvgIpc) is 3.01. The second-order valence-corrected chi connectivity index (χ2v) is 6.74. The molecule has 2 heterocycles. The SMILES string of the molecule is COc1ccc(Br)c(C(=O)N2CCCC(c3cnn(C)c3)C2)c1.Cl. The fourth-order valence-electron chi connectivity index (χ4n) is 3.05. The molecule has 0 aliphatic carbocycles. The van der Waals surface area contributed by atoms with Crippen molar-refractivity contribution < 1.29 is 9.53 Å². The van der Waals surface area contributed by atoms with E-state index in [9.17, 15) is 4.79 Å². The molecule has 1 unspecified atom stereocenters. The van der Waals surface area contributed by atoms with Gasteiger partial charge in [-0.05, 0) is 52.5 Å². The number of likely N-dealkylation sites (tertiary alicyclic amines) is 1. The van der Waals surface area contributed by atoms with Crippen molar-refractivity contribution in [3.8, 4) is 5.75 Å². The van der Waals surface area contributed by atoms with Gasteiger partial charge < -0.3 is 9.64 Å². The Bertz CT molecular complexity index is 720. The molecular weight excluding hydrogens is 394 g/mol. The first kappa shape index (κ1) is 18.8. The van der Waals surface area contributed by atoms with Gasteiger partial charge in [-0.1, -0.05) is 0 Å². The van der Waals surface area contributed by atoms with E-state index in [1.165, 1.54) is 5.56 Å². The number of nitrogens with zero attached hydrogens (tertiary/aromatic N) is 3. The van der Waals surface area contributed by atoms with Gasteiger partial charge in [-0.25, -0.2) is 0 Å². The van der Waals surface area contributed by atoms with Crippen LogP contribution in [0.2, 0.25) is 0 Å². The Morgan fingerprint density at radius 2 is 2.21 bits per heavy atom. The molecule has 0 bridgehead atoms. The largest absolute Gasteiger partial charge is 0.497 e. The summed E-state index contributed by atoms with van der Waals surface area (Å²) >= 11 is 3.47. The number of ether oxygens (including phenoxy) is 1. The highest BCUT2D eigenvalue weighted by Crippen LogP contribution is 2.29. The van der Waals surface area contributed by atoms with Gasteiger partial charge in [-0.2, -0.15) is 5.10 Å². The summed E-state index contributed by atoms with van der Waals surface area (Å²) < 4.78 is 7.85. The predicted octanol–water partition coefficient (Wildman–Crippen LogP) is 3.63. The third kappa shape index (κ3) is 3.92. The minimum absolute atomic E-state index is 0. The molecule has 3 rings (SSSR count). The molecule has 1 saturated heterocycles. The number of carbonyl (C=O) groups is 1. The molecule has 1 aliphatic heterocycles. The van der Waals surface area contributed by atoms with E-state index >= 15 is 0 Å². The highest BCUT2D eigenvalue weighted by atomic mass is 79.9. The number of carbonyl (C=O) groups excluding carboxylic acids is 1. The van der Waals surface area contributed by atoms with E-state index in [4.69, 9.17) is 4.74 Å². The van der Waals surface area contributed by atoms with Crippen LogP contribution in [0.4, 0.5) is 0 Å². The van der Waals surface area contributed by atoms with Gasteiger partial charge in [0, 0.05) is 36.7 Å². The zero-order chi connectivity index (χ0) is 16.4. The number of hydrogen-bond acceptors (Lipinski definition) is 3. The maximum absolute atomic E-state index is 12.9. The number of benzene rings is 1. The molecule has 1 aromatic heterocycles. The van der Waals surface area contributed by atoms with Crippen molar-refractivity contribution in [2.24, 2.45) is 7.05 Å². The molecule has 1 aromatic carbocycles. The van der Waals surface area contributed by atoms with Gasteiger partial charge in [0.1, 0.15) is 5.75 Å². The summed E-state index contributed by atoms with van der Waals surface area (Å²) in [7, 11) is 3.53. The third-order valence-corrected chi connectivity index (χ3v) is 5.00. The van der Waals surface area contributed by atoms with E-state index in [1.54, 1.807) is 13.2 Å². The summed E-state index contributed by atoms with van der Waals surface area (Å²) in [5.41, 5.74) is 1.85. The second-order valence-electron chi connectivity index (χ2n) is 5.88. The molecule has 2 aromatic rings. The number of halogens is 2. The monoisotopic (exact) mass is 413 g/mol. The zero-order valence-corrected chi connectivity index (χ0v) is 16.1. The molecule has 0 N–H and O–H groups in total. The van der Waals surface area contributed by atoms with Crippen LogP contribution in [0.5, 0.6) is 5.75 Å². The van der Waals surface area contributed by atoms with Crippen LogP contribution in [0.3, 0.4) is 0 Å². The molecular formula is C17H21BrClN3O2. The number of rotatable bonds is 3. The lowest BCUT2D eigenvalue weighted by molar-refractivity contribution is 0.0706. The summed E-state index contributed by atoms with van der Waals surface area (Å²) in [5.74, 6) is 1.09. The van der Waals surface area contributed by atoms with Crippen LogP contribution in [0, 0.1) is 0 Å². The van der Waals surface area contributed by atoms with Crippen LogP contribution in [-0.4, -0.2) is 40.8 Å². The Morgan fingerprint density at radius 1 is 1.42 bits per heavy atom. The Kier molecular flexibility index (Phi) is 6.29. The number of piperidine rings is 1. The molecule has 1 amide bonds. The molecule has 1 atom stereocenters. The maximum Gasteiger partial charge on any atom is 0.255 e. The van der Waals surface area contributed by atoms with Crippen molar-refractivity contribution in [1.29, 1.82) is 0 Å². The van der Waals surface area contributed by atoms with E-state index < -0.39 is 0 Å². The first-order valence-corrected chi connectivity index (χ1v) is 8.49. The first-order chi connectivity index (χ1) is 11.1. The van der Waals surface area contributed by atoms with E-state index in [2.05, 4.69) is 21.0 Å². The van der Waals surface area contributed by atoms with Gasteiger partial charge in [0.05, 0.1) is 18.9 Å². The average molecular weight is 415 g/mol. The van der Waals surface area contributed by atoms with Crippen molar-refractivity contribution in [2.45, 2.75) is 18.8 Å². The first-order valence-electron chi connectivity index (χ1n) is 7.70. The zero-order valence-electron chi connectivity index (χ0n) is 13.7. The number of amides is 1. The highest BCUT2D eigenvalue weighted by molar-refractivity contribution is 9.10. The second kappa shape index (κ2) is 8.03. The minimum atomic E-state index is 0. The Hall–Kier alpha value is -1.53. The molecule has 1 aliphatic rings. The van der Waals surface area contributed by atoms with Gasteiger partial charge in [-0.3, -0.25) is 9.48 Å². The van der Waals surface area contributed by atoms with E-state index in [1.807, 2.05) is 41.2 Å². The molecule has 0 saturated carbocycles. The van der Waals surface area contributed by atoms with Crippen LogP contribution >= 0.6 is 28.3 Å². The molecule has 5 nitrogen and oxygen atoms in total.